The van der Waals surface area contributed by atoms with Crippen molar-refractivity contribution in [3.63, 3.8) is 0 Å². The number of ether oxygens (including phenoxy) is 3. The molecule has 2 aromatic rings. The number of anilines is 2. The third kappa shape index (κ3) is 6.15. The second kappa shape index (κ2) is 12.0. The average Bonchev–Trinajstić information content (AvgIpc) is 3.46. The van der Waals surface area contributed by atoms with Gasteiger partial charge in [-0.25, -0.2) is 19.0 Å². The first-order chi connectivity index (χ1) is 18.9. The Bertz CT molecular complexity index is 1300. The van der Waals surface area contributed by atoms with Crippen molar-refractivity contribution in [3.05, 3.63) is 58.5 Å². The highest BCUT2D eigenvalue weighted by Gasteiger charge is 2.25. The summed E-state index contributed by atoms with van der Waals surface area (Å²) in [4.78, 5) is 24.9. The van der Waals surface area contributed by atoms with Crippen LogP contribution in [-0.2, 0) is 9.47 Å². The highest BCUT2D eigenvalue weighted by Crippen LogP contribution is 2.36. The van der Waals surface area contributed by atoms with Crippen LogP contribution in [0.3, 0.4) is 0 Å². The molecular formula is C29H34FN5O4. The van der Waals surface area contributed by atoms with Crippen molar-refractivity contribution >= 4 is 17.4 Å². The SMILES string of the molecule is [C-]#[N+]/C(C)=C1/CCN(C(=O)Nc2cc(-c3cnc(OC4CCOCC4)c(N4CCOCC4)c3)c(C)cc2F)C1. The van der Waals surface area contributed by atoms with Gasteiger partial charge in [0.25, 0.3) is 0 Å². The molecule has 9 nitrogen and oxygen atoms in total. The van der Waals surface area contributed by atoms with Crippen molar-refractivity contribution in [3.8, 4) is 17.0 Å². The smallest absolute Gasteiger partial charge is 0.322 e. The topological polar surface area (TPSA) is 80.5 Å². The average molecular weight is 536 g/mol. The van der Waals surface area contributed by atoms with Crippen LogP contribution in [0.25, 0.3) is 16.0 Å². The van der Waals surface area contributed by atoms with Crippen molar-refractivity contribution in [1.82, 2.24) is 9.88 Å². The second-order valence-electron chi connectivity index (χ2n) is 10.1. The van der Waals surface area contributed by atoms with Crippen LogP contribution < -0.4 is 15.0 Å². The minimum absolute atomic E-state index is 0.0470. The Labute approximate surface area is 228 Å². The van der Waals surface area contributed by atoms with E-state index in [4.69, 9.17) is 25.8 Å². The Morgan fingerprint density at radius 2 is 1.90 bits per heavy atom. The number of aromatic nitrogens is 1. The number of allylic oxidation sites excluding steroid dienone is 1. The molecule has 206 valence electrons. The van der Waals surface area contributed by atoms with Crippen LogP contribution in [0, 0.1) is 19.3 Å². The predicted molar refractivity (Wildman–Crippen MR) is 146 cm³/mol. The van der Waals surface area contributed by atoms with E-state index in [0.717, 1.165) is 53.9 Å². The maximum atomic E-state index is 15.0. The molecule has 0 radical (unpaired) electrons. The minimum Gasteiger partial charge on any atom is -0.473 e. The highest BCUT2D eigenvalue weighted by molar-refractivity contribution is 5.91. The summed E-state index contributed by atoms with van der Waals surface area (Å²) < 4.78 is 32.4. The van der Waals surface area contributed by atoms with Crippen LogP contribution in [-0.4, -0.2) is 74.6 Å². The van der Waals surface area contributed by atoms with Crippen LogP contribution in [0.4, 0.5) is 20.6 Å². The lowest BCUT2D eigenvalue weighted by atomic mass is 10.00. The van der Waals surface area contributed by atoms with Crippen molar-refractivity contribution in [2.75, 3.05) is 62.8 Å². The predicted octanol–water partition coefficient (Wildman–Crippen LogP) is 5.02. The zero-order chi connectivity index (χ0) is 27.4. The third-order valence-corrected chi connectivity index (χ3v) is 7.53. The standard InChI is InChI=1S/C29H34FN5O4/c1-19-14-25(30)26(33-29(36)35-7-4-21(18-35)20(2)31-3)16-24(19)22-15-27(34-8-12-38-13-9-34)28(32-17-22)39-23-5-10-37-11-6-23/h14-17,23H,4-13,18H2,1-2H3,(H,33,36)/b21-20-. The van der Waals surface area contributed by atoms with Crippen LogP contribution in [0.2, 0.25) is 0 Å². The van der Waals surface area contributed by atoms with Gasteiger partial charge in [-0.05, 0) is 55.2 Å². The van der Waals surface area contributed by atoms with Gasteiger partial charge in [0.2, 0.25) is 5.88 Å². The van der Waals surface area contributed by atoms with Crippen molar-refractivity contribution < 1.29 is 23.4 Å². The van der Waals surface area contributed by atoms with Gasteiger partial charge in [-0.1, -0.05) is 0 Å². The number of likely N-dealkylation sites (tertiary alicyclic amines) is 1. The van der Waals surface area contributed by atoms with E-state index in [-0.39, 0.29) is 17.8 Å². The molecule has 0 atom stereocenters. The molecule has 1 aromatic heterocycles. The van der Waals surface area contributed by atoms with Gasteiger partial charge in [0, 0.05) is 50.8 Å². The van der Waals surface area contributed by atoms with Crippen LogP contribution >= 0.6 is 0 Å². The number of amides is 2. The molecule has 39 heavy (non-hydrogen) atoms. The summed E-state index contributed by atoms with van der Waals surface area (Å²) >= 11 is 0. The fraction of sp³-hybridized carbons (Fsp3) is 0.483. The molecule has 10 heteroatoms. The number of morpholine rings is 1. The molecule has 1 aromatic carbocycles. The van der Waals surface area contributed by atoms with E-state index in [2.05, 4.69) is 15.1 Å². The number of urea groups is 1. The lowest BCUT2D eigenvalue weighted by molar-refractivity contribution is 0.0238. The molecule has 0 aliphatic carbocycles. The number of halogens is 1. The fourth-order valence-electron chi connectivity index (χ4n) is 5.14. The third-order valence-electron chi connectivity index (χ3n) is 7.53. The number of carbonyl (C=O) groups is 1. The summed E-state index contributed by atoms with van der Waals surface area (Å²) in [6, 6.07) is 4.75. The van der Waals surface area contributed by atoms with Gasteiger partial charge in [0.1, 0.15) is 17.6 Å². The van der Waals surface area contributed by atoms with Crippen molar-refractivity contribution in [2.45, 2.75) is 39.2 Å². The van der Waals surface area contributed by atoms with Crippen LogP contribution in [0.5, 0.6) is 5.88 Å². The molecule has 0 spiro atoms. The number of pyridine rings is 1. The zero-order valence-corrected chi connectivity index (χ0v) is 22.5. The first-order valence-corrected chi connectivity index (χ1v) is 13.4. The molecule has 0 bridgehead atoms. The van der Waals surface area contributed by atoms with E-state index >= 15 is 0 Å². The summed E-state index contributed by atoms with van der Waals surface area (Å²) in [6.07, 6.45) is 4.08. The highest BCUT2D eigenvalue weighted by atomic mass is 19.1. The Hall–Kier alpha value is -3.68. The number of hydrogen-bond acceptors (Lipinski definition) is 6. The first kappa shape index (κ1) is 26.9. The molecular weight excluding hydrogens is 501 g/mol. The van der Waals surface area contributed by atoms with Crippen molar-refractivity contribution in [1.29, 1.82) is 0 Å². The molecule has 3 aliphatic heterocycles. The van der Waals surface area contributed by atoms with E-state index in [0.29, 0.717) is 57.5 Å². The molecule has 3 aliphatic rings. The molecule has 3 saturated heterocycles. The first-order valence-electron chi connectivity index (χ1n) is 13.4. The molecule has 0 saturated carbocycles. The maximum absolute atomic E-state index is 15.0. The number of nitrogens with one attached hydrogen (secondary N) is 1. The quantitative estimate of drug-likeness (QED) is 0.542. The van der Waals surface area contributed by atoms with Crippen LogP contribution in [0.1, 0.15) is 31.7 Å². The Morgan fingerprint density at radius 3 is 2.64 bits per heavy atom. The summed E-state index contributed by atoms with van der Waals surface area (Å²) in [5, 5.41) is 2.74. The van der Waals surface area contributed by atoms with Gasteiger partial charge in [-0.15, -0.1) is 0 Å². The van der Waals surface area contributed by atoms with Gasteiger partial charge in [-0.3, -0.25) is 0 Å². The van der Waals surface area contributed by atoms with Gasteiger partial charge >= 0.3 is 6.03 Å². The monoisotopic (exact) mass is 535 g/mol. The van der Waals surface area contributed by atoms with E-state index in [1.165, 1.54) is 6.07 Å². The Kier molecular flexibility index (Phi) is 8.29. The summed E-state index contributed by atoms with van der Waals surface area (Å²) in [6.45, 7) is 15.7. The molecule has 1 N–H and O–H groups in total. The minimum atomic E-state index is -0.502. The molecule has 2 amide bonds. The van der Waals surface area contributed by atoms with E-state index in [1.807, 2.05) is 13.0 Å². The summed E-state index contributed by atoms with van der Waals surface area (Å²) in [5.41, 5.74) is 4.85. The van der Waals surface area contributed by atoms with E-state index in [1.54, 1.807) is 24.1 Å². The lowest BCUT2D eigenvalue weighted by Crippen LogP contribution is -2.37. The number of rotatable bonds is 5. The van der Waals surface area contributed by atoms with Gasteiger partial charge in [0.15, 0.2) is 5.70 Å². The largest absolute Gasteiger partial charge is 0.473 e. The number of nitrogens with zero attached hydrogens (tertiary/aromatic N) is 4. The Balaban J connectivity index is 1.41. The fourth-order valence-corrected chi connectivity index (χ4v) is 5.14. The van der Waals surface area contributed by atoms with Crippen molar-refractivity contribution in [2.24, 2.45) is 0 Å². The zero-order valence-electron chi connectivity index (χ0n) is 22.5. The van der Waals surface area contributed by atoms with Crippen LogP contribution in [0.15, 0.2) is 35.7 Å². The van der Waals surface area contributed by atoms with Gasteiger partial charge < -0.3 is 29.3 Å². The molecule has 0 unspecified atom stereocenters. The summed E-state index contributed by atoms with van der Waals surface area (Å²) in [5.74, 6) is 0.0752. The lowest BCUT2D eigenvalue weighted by Gasteiger charge is -2.31. The van der Waals surface area contributed by atoms with E-state index in [9.17, 15) is 9.18 Å². The number of carbonyl (C=O) groups excluding carboxylic acids is 1. The van der Waals surface area contributed by atoms with Gasteiger partial charge in [0.05, 0.1) is 38.7 Å². The summed E-state index contributed by atoms with van der Waals surface area (Å²) in [7, 11) is 0. The molecule has 5 rings (SSSR count). The van der Waals surface area contributed by atoms with E-state index < -0.39 is 5.82 Å². The Morgan fingerprint density at radius 1 is 1.15 bits per heavy atom. The second-order valence-corrected chi connectivity index (χ2v) is 10.1. The number of benzene rings is 1. The number of aryl methyl sites for hydroxylation is 1. The number of hydrogen-bond donors (Lipinski definition) is 1. The normalized spacial score (nSPS) is 19.5. The molecule has 4 heterocycles. The molecule has 3 fully saturated rings. The van der Waals surface area contributed by atoms with Gasteiger partial charge in [-0.2, -0.15) is 0 Å². The maximum Gasteiger partial charge on any atom is 0.322 e.